The van der Waals surface area contributed by atoms with Gasteiger partial charge in [-0.15, -0.1) is 0 Å². The fourth-order valence-corrected chi connectivity index (χ4v) is 10.1. The summed E-state index contributed by atoms with van der Waals surface area (Å²) in [6, 6.07) is -0.537. The van der Waals surface area contributed by atoms with E-state index >= 15 is 0 Å². The van der Waals surface area contributed by atoms with Crippen LogP contribution in [0, 0.1) is 0 Å². The molecule has 6 heteroatoms. The summed E-state index contributed by atoms with van der Waals surface area (Å²) in [5.41, 5.74) is 0. The first-order valence-corrected chi connectivity index (χ1v) is 31.3. The van der Waals surface area contributed by atoms with Crippen LogP contribution in [0.5, 0.6) is 0 Å². The van der Waals surface area contributed by atoms with Gasteiger partial charge in [-0.2, -0.15) is 0 Å². The lowest BCUT2D eigenvalue weighted by Crippen LogP contribution is -2.45. The van der Waals surface area contributed by atoms with Gasteiger partial charge >= 0.3 is 5.97 Å². The van der Waals surface area contributed by atoms with Crippen molar-refractivity contribution < 1.29 is 24.5 Å². The number of aliphatic hydroxyl groups is 2. The van der Waals surface area contributed by atoms with Gasteiger partial charge in [0.2, 0.25) is 5.91 Å². The van der Waals surface area contributed by atoms with Gasteiger partial charge in [0.25, 0.3) is 0 Å². The van der Waals surface area contributed by atoms with Crippen LogP contribution in [0.1, 0.15) is 361 Å². The first kappa shape index (κ1) is 66.9. The molecule has 0 spiro atoms. The average Bonchev–Trinajstić information content (AvgIpc) is 3.34. The maximum Gasteiger partial charge on any atom is 0.305 e. The number of carbonyl (C=O) groups excluding carboxylic acids is 2. The van der Waals surface area contributed by atoms with E-state index in [2.05, 4.69) is 19.2 Å². The number of aliphatic hydroxyl groups excluding tert-OH is 2. The molecule has 406 valence electrons. The van der Waals surface area contributed by atoms with Crippen molar-refractivity contribution in [3.8, 4) is 0 Å². The molecule has 0 bridgehead atoms. The third kappa shape index (κ3) is 54.2. The van der Waals surface area contributed by atoms with Crippen LogP contribution in [0.2, 0.25) is 0 Å². The van der Waals surface area contributed by atoms with Crippen molar-refractivity contribution in [2.75, 3.05) is 13.2 Å². The Morgan fingerprint density at radius 2 is 0.603 bits per heavy atom. The van der Waals surface area contributed by atoms with Crippen molar-refractivity contribution in [3.05, 3.63) is 0 Å². The van der Waals surface area contributed by atoms with Crippen LogP contribution >= 0.6 is 0 Å². The van der Waals surface area contributed by atoms with Crippen molar-refractivity contribution in [1.29, 1.82) is 0 Å². The fraction of sp³-hybridized carbons (Fsp3) is 0.968. The Balaban J connectivity index is 3.31. The minimum Gasteiger partial charge on any atom is -0.466 e. The summed E-state index contributed by atoms with van der Waals surface area (Å²) in [5.74, 6) is -0.0120. The molecule has 0 aromatic rings. The Morgan fingerprint density at radius 1 is 0.353 bits per heavy atom. The number of nitrogens with one attached hydrogen (secondary N) is 1. The molecule has 0 aliphatic heterocycles. The Morgan fingerprint density at radius 3 is 0.897 bits per heavy atom. The van der Waals surface area contributed by atoms with E-state index in [4.69, 9.17) is 4.74 Å². The predicted octanol–water partition coefficient (Wildman–Crippen LogP) is 19.5. The SMILES string of the molecule is CCCCCCCCCCCCCCCCCC(=O)OCCCCCCCCCCCCCCCCCCCCCCCCCCCC(=O)NC(CO)C(O)CCCCCCCCCCCCC. The summed E-state index contributed by atoms with van der Waals surface area (Å²) >= 11 is 0. The third-order valence-electron chi connectivity index (χ3n) is 14.9. The average molecular weight is 963 g/mol. The molecule has 2 unspecified atom stereocenters. The molecule has 1 amide bonds. The summed E-state index contributed by atoms with van der Waals surface area (Å²) in [6.45, 7) is 4.98. The maximum atomic E-state index is 12.4. The smallest absolute Gasteiger partial charge is 0.305 e. The van der Waals surface area contributed by atoms with Gasteiger partial charge in [0.1, 0.15) is 0 Å². The first-order chi connectivity index (χ1) is 33.5. The minimum atomic E-state index is -0.660. The lowest BCUT2D eigenvalue weighted by molar-refractivity contribution is -0.143. The summed E-state index contributed by atoms with van der Waals surface area (Å²) in [5, 5.41) is 23.2. The molecule has 68 heavy (non-hydrogen) atoms. The van der Waals surface area contributed by atoms with Crippen molar-refractivity contribution in [3.63, 3.8) is 0 Å². The summed E-state index contributed by atoms with van der Waals surface area (Å²) < 4.78 is 5.49. The fourth-order valence-electron chi connectivity index (χ4n) is 10.1. The highest BCUT2D eigenvalue weighted by Gasteiger charge is 2.20. The topological polar surface area (TPSA) is 95.9 Å². The zero-order chi connectivity index (χ0) is 49.3. The predicted molar refractivity (Wildman–Crippen MR) is 297 cm³/mol. The maximum absolute atomic E-state index is 12.4. The molecule has 3 N–H and O–H groups in total. The standard InChI is InChI=1S/C62H123NO5/c1-3-5-7-9-11-13-15-16-28-32-36-40-44-48-52-56-62(67)68-57-53-49-45-41-37-33-30-27-25-23-21-19-17-18-20-22-24-26-29-31-35-39-43-47-51-55-61(66)63-59(58-64)60(65)54-50-46-42-38-34-14-12-10-8-6-4-2/h59-60,64-65H,3-58H2,1-2H3,(H,63,66). The zero-order valence-corrected chi connectivity index (χ0v) is 46.4. The van der Waals surface area contributed by atoms with Crippen molar-refractivity contribution in [2.45, 2.75) is 373 Å². The number of amides is 1. The van der Waals surface area contributed by atoms with Gasteiger partial charge in [0, 0.05) is 12.8 Å². The van der Waals surface area contributed by atoms with Crippen LogP contribution in [-0.2, 0) is 14.3 Å². The molecule has 0 aliphatic rings. The quantitative estimate of drug-likeness (QED) is 0.0417. The van der Waals surface area contributed by atoms with Crippen LogP contribution in [0.4, 0.5) is 0 Å². The van der Waals surface area contributed by atoms with Crippen LogP contribution in [0.25, 0.3) is 0 Å². The second-order valence-corrected chi connectivity index (χ2v) is 21.8. The molecular weight excluding hydrogens is 839 g/mol. The van der Waals surface area contributed by atoms with Gasteiger partial charge in [-0.1, -0.05) is 322 Å². The van der Waals surface area contributed by atoms with Gasteiger partial charge in [0.05, 0.1) is 25.4 Å². The molecule has 0 saturated heterocycles. The number of hydrogen-bond donors (Lipinski definition) is 3. The van der Waals surface area contributed by atoms with E-state index in [0.29, 0.717) is 25.9 Å². The van der Waals surface area contributed by atoms with Gasteiger partial charge in [-0.3, -0.25) is 9.59 Å². The summed E-state index contributed by atoms with van der Waals surface area (Å²) in [6.07, 6.45) is 68.4. The number of ether oxygens (including phenoxy) is 1. The van der Waals surface area contributed by atoms with Gasteiger partial charge in [-0.05, 0) is 25.7 Å². The molecule has 0 aromatic heterocycles. The highest BCUT2D eigenvalue weighted by molar-refractivity contribution is 5.76. The molecule has 0 radical (unpaired) electrons. The zero-order valence-electron chi connectivity index (χ0n) is 46.4. The van der Waals surface area contributed by atoms with Crippen LogP contribution in [0.3, 0.4) is 0 Å². The van der Waals surface area contributed by atoms with Gasteiger partial charge in [0.15, 0.2) is 0 Å². The molecule has 0 fully saturated rings. The second kappa shape index (κ2) is 58.4. The number of esters is 1. The molecule has 2 atom stereocenters. The van der Waals surface area contributed by atoms with Crippen molar-refractivity contribution in [1.82, 2.24) is 5.32 Å². The second-order valence-electron chi connectivity index (χ2n) is 21.8. The number of rotatable bonds is 59. The summed E-state index contributed by atoms with van der Waals surface area (Å²) in [7, 11) is 0. The lowest BCUT2D eigenvalue weighted by atomic mass is 10.0. The molecule has 0 aromatic carbocycles. The van der Waals surface area contributed by atoms with Crippen LogP contribution in [0.15, 0.2) is 0 Å². The number of carbonyl (C=O) groups is 2. The van der Waals surface area contributed by atoms with Crippen molar-refractivity contribution in [2.24, 2.45) is 0 Å². The van der Waals surface area contributed by atoms with E-state index in [1.165, 1.54) is 289 Å². The molecule has 6 nitrogen and oxygen atoms in total. The largest absolute Gasteiger partial charge is 0.466 e. The third-order valence-corrected chi connectivity index (χ3v) is 14.9. The monoisotopic (exact) mass is 962 g/mol. The van der Waals surface area contributed by atoms with Gasteiger partial charge < -0.3 is 20.3 Å². The Kier molecular flexibility index (Phi) is 57.5. The molecule has 0 heterocycles. The molecule has 0 aliphatic carbocycles. The first-order valence-electron chi connectivity index (χ1n) is 31.3. The van der Waals surface area contributed by atoms with Crippen LogP contribution < -0.4 is 5.32 Å². The normalized spacial score (nSPS) is 12.5. The number of unbranched alkanes of at least 4 members (excludes halogenated alkanes) is 48. The molecule has 0 rings (SSSR count). The van der Waals surface area contributed by atoms with E-state index in [-0.39, 0.29) is 18.5 Å². The van der Waals surface area contributed by atoms with Gasteiger partial charge in [-0.25, -0.2) is 0 Å². The molecule has 0 saturated carbocycles. The Labute approximate surface area is 426 Å². The lowest BCUT2D eigenvalue weighted by Gasteiger charge is -2.22. The van der Waals surface area contributed by atoms with Crippen LogP contribution in [-0.4, -0.2) is 47.4 Å². The Bertz CT molecular complexity index is 975. The summed E-state index contributed by atoms with van der Waals surface area (Å²) in [4.78, 5) is 24.5. The van der Waals surface area contributed by atoms with E-state index < -0.39 is 12.1 Å². The van der Waals surface area contributed by atoms with Crippen molar-refractivity contribution >= 4 is 11.9 Å². The van der Waals surface area contributed by atoms with E-state index in [0.717, 1.165) is 38.5 Å². The van der Waals surface area contributed by atoms with E-state index in [1.54, 1.807) is 0 Å². The highest BCUT2D eigenvalue weighted by atomic mass is 16.5. The highest BCUT2D eigenvalue weighted by Crippen LogP contribution is 2.19. The van der Waals surface area contributed by atoms with E-state index in [1.807, 2.05) is 0 Å². The Hall–Kier alpha value is -1.14. The molecular formula is C62H123NO5. The number of hydrogen-bond acceptors (Lipinski definition) is 5. The minimum absolute atomic E-state index is 0.0201. The van der Waals surface area contributed by atoms with E-state index in [9.17, 15) is 19.8 Å².